The summed E-state index contributed by atoms with van der Waals surface area (Å²) in [4.78, 5) is 14.4. The third kappa shape index (κ3) is 2.59. The van der Waals surface area contributed by atoms with Crippen LogP contribution in [0.1, 0.15) is 17.8 Å². The molecule has 5 nitrogen and oxygen atoms in total. The van der Waals surface area contributed by atoms with Crippen LogP contribution >= 0.6 is 11.3 Å². The average Bonchev–Trinajstić information content (AvgIpc) is 2.83. The number of aromatic nitrogens is 1. The molecular weight excluding hydrogens is 238 g/mol. The van der Waals surface area contributed by atoms with Gasteiger partial charge in [-0.3, -0.25) is 15.4 Å². The zero-order valence-corrected chi connectivity index (χ0v) is 10.0. The van der Waals surface area contributed by atoms with Gasteiger partial charge in [0.15, 0.2) is 0 Å². The van der Waals surface area contributed by atoms with Crippen LogP contribution in [0.25, 0.3) is 0 Å². The van der Waals surface area contributed by atoms with Crippen LogP contribution in [-0.2, 0) is 0 Å². The van der Waals surface area contributed by atoms with Crippen LogP contribution in [-0.4, -0.2) is 4.92 Å². The van der Waals surface area contributed by atoms with Crippen LogP contribution in [0.4, 0.5) is 11.5 Å². The number of aromatic amines is 1. The first-order valence-corrected chi connectivity index (χ1v) is 6.01. The van der Waals surface area contributed by atoms with Gasteiger partial charge in [-0.15, -0.1) is 11.3 Å². The van der Waals surface area contributed by atoms with Gasteiger partial charge in [0.25, 0.3) is 0 Å². The minimum Gasteiger partial charge on any atom is -0.261 e. The van der Waals surface area contributed by atoms with Crippen molar-refractivity contribution in [2.24, 2.45) is 0 Å². The number of nitro groups is 1. The zero-order valence-electron chi connectivity index (χ0n) is 9.21. The van der Waals surface area contributed by atoms with Crippen molar-refractivity contribution in [3.63, 3.8) is 0 Å². The van der Waals surface area contributed by atoms with Crippen molar-refractivity contribution in [3.05, 3.63) is 50.8 Å². The lowest BCUT2D eigenvalue weighted by molar-refractivity contribution is -0.409. The Labute approximate surface area is 102 Å². The van der Waals surface area contributed by atoms with E-state index in [-0.39, 0.29) is 11.7 Å². The Morgan fingerprint density at radius 3 is 2.94 bits per heavy atom. The molecule has 0 amide bonds. The quantitative estimate of drug-likeness (QED) is 0.670. The number of nitrogens with one attached hydrogen (secondary N) is 2. The first-order chi connectivity index (χ1) is 8.18. The van der Waals surface area contributed by atoms with E-state index in [0.717, 1.165) is 4.88 Å². The van der Waals surface area contributed by atoms with E-state index in [9.17, 15) is 10.1 Å². The second kappa shape index (κ2) is 4.92. The summed E-state index contributed by atoms with van der Waals surface area (Å²) in [6.45, 7) is 1.97. The molecule has 2 heterocycles. The van der Waals surface area contributed by atoms with Crippen molar-refractivity contribution in [1.29, 1.82) is 0 Å². The molecule has 0 saturated heterocycles. The van der Waals surface area contributed by atoms with E-state index in [2.05, 4.69) is 10.3 Å². The molecular formula is C11H12N3O2S+. The van der Waals surface area contributed by atoms with Gasteiger partial charge in [-0.1, -0.05) is 6.07 Å². The molecule has 88 valence electrons. The maximum Gasteiger partial charge on any atom is 0.357 e. The maximum absolute atomic E-state index is 10.8. The second-order valence-corrected chi connectivity index (χ2v) is 4.55. The highest BCUT2D eigenvalue weighted by Crippen LogP contribution is 2.25. The molecule has 0 aliphatic carbocycles. The van der Waals surface area contributed by atoms with Crippen molar-refractivity contribution >= 4 is 22.8 Å². The number of nitrogens with zero attached hydrogens (tertiary/aromatic N) is 1. The summed E-state index contributed by atoms with van der Waals surface area (Å²) < 4.78 is 0. The molecule has 6 heteroatoms. The number of hydrogen-bond donors (Lipinski definition) is 1. The van der Waals surface area contributed by atoms with Crippen LogP contribution < -0.4 is 10.3 Å². The molecule has 2 rings (SSSR count). The zero-order chi connectivity index (χ0) is 12.3. The predicted octanol–water partition coefficient (Wildman–Crippen LogP) is 2.64. The largest absolute Gasteiger partial charge is 0.357 e. The molecule has 0 aliphatic rings. The number of anilines is 1. The van der Waals surface area contributed by atoms with Crippen LogP contribution in [0, 0.1) is 10.1 Å². The number of hydrogen-bond acceptors (Lipinski definition) is 4. The van der Waals surface area contributed by atoms with Crippen LogP contribution in [0.5, 0.6) is 0 Å². The van der Waals surface area contributed by atoms with Gasteiger partial charge in [-0.25, -0.2) is 4.98 Å². The summed E-state index contributed by atoms with van der Waals surface area (Å²) in [5.41, 5.74) is 0.0518. The van der Waals surface area contributed by atoms with Crippen molar-refractivity contribution in [2.45, 2.75) is 13.0 Å². The van der Waals surface area contributed by atoms with E-state index in [1.165, 1.54) is 6.07 Å². The second-order valence-electron chi connectivity index (χ2n) is 3.57. The average molecular weight is 250 g/mol. The molecule has 0 fully saturated rings. The summed E-state index contributed by atoms with van der Waals surface area (Å²) in [5, 5.41) is 15.9. The van der Waals surface area contributed by atoms with Gasteiger partial charge in [-0.05, 0) is 24.4 Å². The van der Waals surface area contributed by atoms with Crippen molar-refractivity contribution in [1.82, 2.24) is 0 Å². The van der Waals surface area contributed by atoms with Crippen molar-refractivity contribution in [3.8, 4) is 0 Å². The molecule has 0 aromatic carbocycles. The number of pyridine rings is 1. The summed E-state index contributed by atoms with van der Waals surface area (Å²) >= 11 is 1.62. The molecule has 0 aliphatic heterocycles. The lowest BCUT2D eigenvalue weighted by Gasteiger charge is -2.06. The van der Waals surface area contributed by atoms with E-state index in [1.807, 2.05) is 24.4 Å². The van der Waals surface area contributed by atoms with Gasteiger partial charge in [0.2, 0.25) is 0 Å². The van der Waals surface area contributed by atoms with E-state index < -0.39 is 4.92 Å². The first kappa shape index (κ1) is 11.5. The molecule has 0 radical (unpaired) electrons. The van der Waals surface area contributed by atoms with Gasteiger partial charge < -0.3 is 0 Å². The third-order valence-electron chi connectivity index (χ3n) is 2.36. The van der Waals surface area contributed by atoms with Gasteiger partial charge in [0, 0.05) is 10.9 Å². The summed E-state index contributed by atoms with van der Waals surface area (Å²) in [6, 6.07) is 7.07. The lowest BCUT2D eigenvalue weighted by atomic mass is 10.2. The van der Waals surface area contributed by atoms with Crippen LogP contribution in [0.15, 0.2) is 35.8 Å². The Hall–Kier alpha value is -1.95. The highest BCUT2D eigenvalue weighted by atomic mass is 32.1. The Bertz CT molecular complexity index is 513. The predicted molar refractivity (Wildman–Crippen MR) is 66.0 cm³/mol. The smallest absolute Gasteiger partial charge is 0.261 e. The SMILES string of the molecule is C[C@H](Nc1[nH+]cccc1[N+](=O)[O-])c1cccs1. The van der Waals surface area contributed by atoms with Crippen LogP contribution in [0.3, 0.4) is 0 Å². The highest BCUT2D eigenvalue weighted by molar-refractivity contribution is 7.10. The standard InChI is InChI=1S/C11H11N3O2S/c1-8(10-5-3-7-17-10)13-11-9(14(15)16)4-2-6-12-11/h2-8H,1H3,(H,12,13)/p+1/t8-/m0/s1. The lowest BCUT2D eigenvalue weighted by Crippen LogP contribution is -2.16. The molecule has 0 spiro atoms. The maximum atomic E-state index is 10.8. The fourth-order valence-electron chi connectivity index (χ4n) is 1.52. The van der Waals surface area contributed by atoms with Crippen molar-refractivity contribution < 1.29 is 9.91 Å². The van der Waals surface area contributed by atoms with Gasteiger partial charge in [0.1, 0.15) is 6.04 Å². The minimum atomic E-state index is -0.403. The molecule has 0 bridgehead atoms. The normalized spacial score (nSPS) is 12.1. The molecule has 2 aromatic heterocycles. The highest BCUT2D eigenvalue weighted by Gasteiger charge is 2.22. The van der Waals surface area contributed by atoms with E-state index in [1.54, 1.807) is 23.6 Å². The molecule has 17 heavy (non-hydrogen) atoms. The summed E-state index contributed by atoms with van der Waals surface area (Å²) in [7, 11) is 0. The molecule has 0 unspecified atom stereocenters. The van der Waals surface area contributed by atoms with E-state index in [4.69, 9.17) is 0 Å². The van der Waals surface area contributed by atoms with Gasteiger partial charge >= 0.3 is 11.5 Å². The Morgan fingerprint density at radius 2 is 2.29 bits per heavy atom. The molecule has 1 atom stereocenters. The topological polar surface area (TPSA) is 69.3 Å². The number of thiophene rings is 1. The third-order valence-corrected chi connectivity index (χ3v) is 3.42. The monoisotopic (exact) mass is 250 g/mol. The van der Waals surface area contributed by atoms with Crippen LogP contribution in [0.2, 0.25) is 0 Å². The molecule has 2 N–H and O–H groups in total. The fraction of sp³-hybridized carbons (Fsp3) is 0.182. The summed E-state index contributed by atoms with van der Waals surface area (Å²) in [5.74, 6) is 0.429. The Morgan fingerprint density at radius 1 is 1.47 bits per heavy atom. The summed E-state index contributed by atoms with van der Waals surface area (Å²) in [6.07, 6.45) is 1.66. The molecule has 0 saturated carbocycles. The first-order valence-electron chi connectivity index (χ1n) is 5.13. The van der Waals surface area contributed by atoms with Gasteiger partial charge in [0.05, 0.1) is 11.1 Å². The fourth-order valence-corrected chi connectivity index (χ4v) is 2.26. The Balaban J connectivity index is 2.21. The van der Waals surface area contributed by atoms with E-state index >= 15 is 0 Å². The number of H-pyrrole nitrogens is 1. The van der Waals surface area contributed by atoms with E-state index in [0.29, 0.717) is 5.82 Å². The minimum absolute atomic E-state index is 0.0346. The molecule has 2 aromatic rings. The number of rotatable bonds is 4. The van der Waals surface area contributed by atoms with Gasteiger partial charge in [-0.2, -0.15) is 0 Å². The Kier molecular flexibility index (Phi) is 3.34. The van der Waals surface area contributed by atoms with Crippen molar-refractivity contribution in [2.75, 3.05) is 5.32 Å².